The molecular weight excluding hydrogens is 494 g/mol. The van der Waals surface area contributed by atoms with Gasteiger partial charge in [-0.05, 0) is 42.9 Å². The van der Waals surface area contributed by atoms with Crippen molar-refractivity contribution in [2.45, 2.75) is 61.0 Å². The van der Waals surface area contributed by atoms with Crippen LogP contribution in [0.2, 0.25) is 0 Å². The van der Waals surface area contributed by atoms with Gasteiger partial charge in [-0.2, -0.15) is 8.42 Å². The standard InChI is InChI=1S/C23H27N3O7S2/c1-34(29,30)11-13-4-5-14-17(10-13)35(31,32)25-22(24-14)19-21(27)18-15-6-7-16(33-15)20(18)26(23(19)28)9-8-12-2-3-12/h4-5,10,12,15-16,18,20,27H,2-3,6-9,11H2,1H3,(H,24,25). The van der Waals surface area contributed by atoms with Gasteiger partial charge >= 0.3 is 0 Å². The van der Waals surface area contributed by atoms with Crippen LogP contribution in [-0.4, -0.2) is 69.6 Å². The van der Waals surface area contributed by atoms with Crippen molar-refractivity contribution in [3.63, 3.8) is 0 Å². The van der Waals surface area contributed by atoms with Crippen LogP contribution < -0.4 is 5.32 Å². The van der Waals surface area contributed by atoms with Gasteiger partial charge in [0.2, 0.25) is 0 Å². The number of rotatable bonds is 6. The molecule has 188 valence electrons. The maximum atomic E-state index is 13.7. The molecule has 2 N–H and O–H groups in total. The van der Waals surface area contributed by atoms with Crippen LogP contribution in [0.5, 0.6) is 0 Å². The lowest BCUT2D eigenvalue weighted by Crippen LogP contribution is -2.56. The van der Waals surface area contributed by atoms with Crippen LogP contribution in [-0.2, 0) is 35.1 Å². The number of carbonyl (C=O) groups excluding carboxylic acids is 1. The first-order valence-corrected chi connectivity index (χ1v) is 15.3. The highest BCUT2D eigenvalue weighted by Crippen LogP contribution is 2.48. The molecule has 1 aromatic rings. The quantitative estimate of drug-likeness (QED) is 0.576. The van der Waals surface area contributed by atoms with E-state index in [2.05, 4.69) is 9.71 Å². The van der Waals surface area contributed by atoms with E-state index >= 15 is 0 Å². The van der Waals surface area contributed by atoms with Gasteiger partial charge in [-0.3, -0.25) is 4.79 Å². The molecule has 0 spiro atoms. The number of nitrogens with zero attached hydrogens (tertiary/aromatic N) is 2. The summed E-state index contributed by atoms with van der Waals surface area (Å²) in [6, 6.07) is 4.00. The molecule has 0 aromatic heterocycles. The molecule has 2 bridgehead atoms. The summed E-state index contributed by atoms with van der Waals surface area (Å²) in [4.78, 5) is 15.3. The highest BCUT2D eigenvalue weighted by atomic mass is 32.2. The van der Waals surface area contributed by atoms with E-state index in [0.717, 1.165) is 38.4 Å². The summed E-state index contributed by atoms with van der Waals surface area (Å²) in [7, 11) is -7.61. The second-order valence-corrected chi connectivity index (χ2v) is 14.0. The van der Waals surface area contributed by atoms with E-state index < -0.39 is 31.7 Å². The molecule has 5 aliphatic rings. The first kappa shape index (κ1) is 23.0. The molecule has 12 heteroatoms. The fraction of sp³-hybridized carbons (Fsp3) is 0.565. The predicted molar refractivity (Wildman–Crippen MR) is 127 cm³/mol. The summed E-state index contributed by atoms with van der Waals surface area (Å²) in [6.45, 7) is 0.527. The summed E-state index contributed by atoms with van der Waals surface area (Å²) in [5.41, 5.74) is 0.364. The molecule has 2 saturated heterocycles. The average Bonchev–Trinajstić information content (AvgIpc) is 3.36. The third-order valence-electron chi connectivity index (χ3n) is 7.57. The minimum Gasteiger partial charge on any atom is -0.511 e. The minimum atomic E-state index is -4.25. The van der Waals surface area contributed by atoms with Crippen molar-refractivity contribution in [2.24, 2.45) is 16.2 Å². The van der Waals surface area contributed by atoms with Gasteiger partial charge in [0, 0.05) is 12.8 Å². The molecule has 10 nitrogen and oxygen atoms in total. The largest absolute Gasteiger partial charge is 0.511 e. The number of aliphatic hydroxyl groups is 1. The van der Waals surface area contributed by atoms with E-state index in [1.165, 1.54) is 18.2 Å². The van der Waals surface area contributed by atoms with Crippen molar-refractivity contribution in [1.82, 2.24) is 4.90 Å². The molecule has 1 saturated carbocycles. The molecule has 4 unspecified atom stereocenters. The van der Waals surface area contributed by atoms with Crippen LogP contribution in [0.15, 0.2) is 38.8 Å². The Morgan fingerprint density at radius 3 is 2.66 bits per heavy atom. The molecule has 1 aliphatic carbocycles. The molecule has 3 fully saturated rings. The van der Waals surface area contributed by atoms with Gasteiger partial charge in [0.1, 0.15) is 16.2 Å². The molecule has 1 amide bonds. The van der Waals surface area contributed by atoms with Crippen molar-refractivity contribution in [3.8, 4) is 0 Å². The predicted octanol–water partition coefficient (Wildman–Crippen LogP) is 1.74. The Morgan fingerprint density at radius 2 is 1.94 bits per heavy atom. The van der Waals surface area contributed by atoms with E-state index in [0.29, 0.717) is 18.0 Å². The Kier molecular flexibility index (Phi) is 5.11. The van der Waals surface area contributed by atoms with Gasteiger partial charge in [-0.25, -0.2) is 8.42 Å². The zero-order valence-corrected chi connectivity index (χ0v) is 20.8. The summed E-state index contributed by atoms with van der Waals surface area (Å²) < 4.78 is 59.4. The summed E-state index contributed by atoms with van der Waals surface area (Å²) >= 11 is 0. The number of aliphatic hydroxyl groups excluding tert-OH is 1. The lowest BCUT2D eigenvalue weighted by atomic mass is 9.78. The number of fused-ring (bicyclic) bond motifs is 6. The second kappa shape index (κ2) is 7.78. The van der Waals surface area contributed by atoms with Crippen LogP contribution in [0, 0.1) is 11.8 Å². The molecule has 4 aliphatic heterocycles. The number of amidine groups is 1. The highest BCUT2D eigenvalue weighted by molar-refractivity contribution is 7.90. The molecule has 4 atom stereocenters. The van der Waals surface area contributed by atoms with Crippen LogP contribution in [0.1, 0.15) is 37.7 Å². The first-order chi connectivity index (χ1) is 16.5. The smallest absolute Gasteiger partial charge is 0.286 e. The van der Waals surface area contributed by atoms with Crippen LogP contribution in [0.3, 0.4) is 0 Å². The average molecular weight is 522 g/mol. The third kappa shape index (κ3) is 3.95. The van der Waals surface area contributed by atoms with Gasteiger partial charge < -0.3 is 20.1 Å². The van der Waals surface area contributed by atoms with Gasteiger partial charge in [0.05, 0.1) is 35.6 Å². The number of sulfone groups is 1. The summed E-state index contributed by atoms with van der Waals surface area (Å²) in [5.74, 6) is -0.951. The van der Waals surface area contributed by atoms with Gasteiger partial charge in [0.25, 0.3) is 15.9 Å². The van der Waals surface area contributed by atoms with Crippen LogP contribution in [0.25, 0.3) is 0 Å². The number of ether oxygens (including phenoxy) is 1. The number of nitrogens with one attached hydrogen (secondary N) is 1. The molecule has 35 heavy (non-hydrogen) atoms. The van der Waals surface area contributed by atoms with Gasteiger partial charge in [0.15, 0.2) is 15.7 Å². The van der Waals surface area contributed by atoms with Crippen molar-refractivity contribution in [3.05, 3.63) is 35.1 Å². The van der Waals surface area contributed by atoms with E-state index in [4.69, 9.17) is 4.74 Å². The second-order valence-electron chi connectivity index (χ2n) is 10.2. The minimum absolute atomic E-state index is 0.129. The number of hydrogen-bond acceptors (Lipinski definition) is 8. The Labute approximate surface area is 204 Å². The lowest BCUT2D eigenvalue weighted by molar-refractivity contribution is -0.132. The molecule has 6 rings (SSSR count). The molecule has 4 heterocycles. The van der Waals surface area contributed by atoms with Gasteiger partial charge in [-0.1, -0.05) is 18.9 Å². The monoisotopic (exact) mass is 521 g/mol. The fourth-order valence-electron chi connectivity index (χ4n) is 5.85. The molecule has 0 radical (unpaired) electrons. The maximum Gasteiger partial charge on any atom is 0.286 e. The number of hydrogen-bond donors (Lipinski definition) is 2. The lowest BCUT2D eigenvalue weighted by Gasteiger charge is -2.42. The summed E-state index contributed by atoms with van der Waals surface area (Å²) in [6.07, 6.45) is 5.50. The number of benzene rings is 1. The van der Waals surface area contributed by atoms with Crippen molar-refractivity contribution < 1.29 is 31.5 Å². The number of carbonyl (C=O) groups is 1. The number of amides is 1. The molecular formula is C23H27N3O7S2. The van der Waals surface area contributed by atoms with Crippen molar-refractivity contribution in [2.75, 3.05) is 18.1 Å². The third-order valence-corrected chi connectivity index (χ3v) is 9.74. The highest BCUT2D eigenvalue weighted by Gasteiger charge is 2.58. The Hall–Kier alpha value is -2.44. The topological polar surface area (TPSA) is 142 Å². The van der Waals surface area contributed by atoms with E-state index in [9.17, 15) is 26.7 Å². The summed E-state index contributed by atoms with van der Waals surface area (Å²) in [5, 5.41) is 14.2. The van der Waals surface area contributed by atoms with Gasteiger partial charge in [-0.15, -0.1) is 4.40 Å². The van der Waals surface area contributed by atoms with Crippen molar-refractivity contribution >= 4 is 37.3 Å². The van der Waals surface area contributed by atoms with Crippen LogP contribution in [0.4, 0.5) is 5.69 Å². The zero-order chi connectivity index (χ0) is 24.7. The number of anilines is 1. The van der Waals surface area contributed by atoms with Crippen LogP contribution >= 0.6 is 0 Å². The molecule has 1 aromatic carbocycles. The van der Waals surface area contributed by atoms with E-state index in [1.807, 2.05) is 0 Å². The SMILES string of the molecule is CS(=O)(=O)Cc1ccc2c(c1)S(=O)(=O)N=C(C1=C(O)C3C4CCC(O4)C3N(CCC3CC3)C1=O)N2. The zero-order valence-electron chi connectivity index (χ0n) is 19.2. The Balaban J connectivity index is 1.39. The first-order valence-electron chi connectivity index (χ1n) is 11.8. The normalized spacial score (nSPS) is 31.2. The Bertz CT molecular complexity index is 1400. The number of sulfonamides is 1. The maximum absolute atomic E-state index is 13.7. The Morgan fingerprint density at radius 1 is 1.20 bits per heavy atom. The fourth-order valence-corrected chi connectivity index (χ4v) is 7.81. The van der Waals surface area contributed by atoms with E-state index in [1.54, 1.807) is 4.90 Å². The van der Waals surface area contributed by atoms with E-state index in [-0.39, 0.29) is 51.8 Å². The van der Waals surface area contributed by atoms with Crippen molar-refractivity contribution in [1.29, 1.82) is 0 Å².